The smallest absolute Gasteiger partial charge is 0.412 e. The van der Waals surface area contributed by atoms with E-state index in [0.29, 0.717) is 28.1 Å². The Morgan fingerprint density at radius 2 is 1.73 bits per heavy atom. The Kier molecular flexibility index (Phi) is 10.2. The molecule has 1 aliphatic heterocycles. The molecule has 1 aliphatic rings. The Labute approximate surface area is 245 Å². The number of methoxy groups -OCH3 is 1. The van der Waals surface area contributed by atoms with Crippen LogP contribution in [0.3, 0.4) is 0 Å². The average molecular weight is 646 g/mol. The monoisotopic (exact) mass is 644 g/mol. The minimum atomic E-state index is -0.707. The maximum Gasteiger partial charge on any atom is 0.412 e. The molecular weight excluding hydrogens is 608 g/mol. The third kappa shape index (κ3) is 8.88. The number of halogens is 1. The van der Waals surface area contributed by atoms with Crippen molar-refractivity contribution < 1.29 is 33.3 Å². The summed E-state index contributed by atoms with van der Waals surface area (Å²) in [6.45, 7) is 10.8. The lowest BCUT2D eigenvalue weighted by atomic mass is 10.0. The predicted molar refractivity (Wildman–Crippen MR) is 153 cm³/mol. The number of hydrogen-bond acceptors (Lipinski definition) is 10. The lowest BCUT2D eigenvalue weighted by molar-refractivity contribution is -0.0263. The Morgan fingerprint density at radius 3 is 2.35 bits per heavy atom. The third-order valence-electron chi connectivity index (χ3n) is 5.62. The number of aryl methyl sites for hydroxylation is 1. The van der Waals surface area contributed by atoms with Crippen molar-refractivity contribution in [3.63, 3.8) is 0 Å². The summed E-state index contributed by atoms with van der Waals surface area (Å²) in [6, 6.07) is -0.343. The van der Waals surface area contributed by atoms with Gasteiger partial charge in [0.15, 0.2) is 9.61 Å². The fraction of sp³-hybridized carbons (Fsp3) is 0.640. The summed E-state index contributed by atoms with van der Waals surface area (Å²) in [5.41, 5.74) is -0.260. The summed E-state index contributed by atoms with van der Waals surface area (Å²) >= 11 is 4.36. The molecule has 0 bridgehead atoms. The largest absolute Gasteiger partial charge is 0.444 e. The van der Waals surface area contributed by atoms with Crippen LogP contribution in [0.5, 0.6) is 0 Å². The molecule has 2 aromatic heterocycles. The van der Waals surface area contributed by atoms with E-state index in [0.717, 1.165) is 11.3 Å². The molecule has 0 radical (unpaired) electrons. The highest BCUT2D eigenvalue weighted by molar-refractivity contribution is 9.11. The molecule has 0 saturated carbocycles. The van der Waals surface area contributed by atoms with E-state index in [1.54, 1.807) is 60.4 Å². The number of carbonyl (C=O) groups excluding carboxylic acids is 3. The van der Waals surface area contributed by atoms with Gasteiger partial charge in [0, 0.05) is 14.2 Å². The van der Waals surface area contributed by atoms with Crippen LogP contribution in [0.25, 0.3) is 0 Å². The lowest BCUT2D eigenvalue weighted by Gasteiger charge is -2.26. The molecule has 0 aliphatic carbocycles. The van der Waals surface area contributed by atoms with Crippen molar-refractivity contribution in [2.75, 3.05) is 24.4 Å². The van der Waals surface area contributed by atoms with Crippen LogP contribution in [-0.4, -0.2) is 69.9 Å². The minimum absolute atomic E-state index is 0.0143. The molecule has 15 heteroatoms. The Hall–Kier alpha value is -2.75. The first-order valence-corrected chi connectivity index (χ1v) is 14.3. The van der Waals surface area contributed by atoms with Crippen molar-refractivity contribution in [2.45, 2.75) is 83.8 Å². The Morgan fingerprint density at radius 1 is 1.07 bits per heavy atom. The first-order valence-electron chi connectivity index (χ1n) is 12.7. The zero-order valence-electron chi connectivity index (χ0n) is 23.9. The number of alkyl carbamates (subject to hydrolysis) is 1. The maximum atomic E-state index is 13.3. The van der Waals surface area contributed by atoms with Crippen LogP contribution >= 0.6 is 27.3 Å². The van der Waals surface area contributed by atoms with Gasteiger partial charge in [-0.15, -0.1) is 0 Å². The number of carbonyl (C=O) groups is 3. The molecule has 3 heterocycles. The molecular formula is C25H37BrN6O7S. The summed E-state index contributed by atoms with van der Waals surface area (Å²) in [5, 5.41) is 12.9. The number of nitrogens with zero attached hydrogens (tertiary/aromatic N) is 3. The quantitative estimate of drug-likeness (QED) is 0.394. The van der Waals surface area contributed by atoms with Crippen LogP contribution in [0.1, 0.15) is 76.7 Å². The van der Waals surface area contributed by atoms with Crippen LogP contribution in [0.15, 0.2) is 10.1 Å². The topological polar surface area (TPSA) is 155 Å². The summed E-state index contributed by atoms with van der Waals surface area (Å²) in [6.07, 6.45) is 0.477. The zero-order valence-corrected chi connectivity index (χ0v) is 26.3. The molecule has 0 spiro atoms. The van der Waals surface area contributed by atoms with Crippen molar-refractivity contribution in [2.24, 2.45) is 7.05 Å². The molecule has 1 saturated heterocycles. The third-order valence-corrected chi connectivity index (χ3v) is 7.05. The average Bonchev–Trinajstić information content (AvgIpc) is 3.27. The second-order valence-electron chi connectivity index (χ2n) is 11.2. The molecule has 3 N–H and O–H groups in total. The molecule has 0 aromatic carbocycles. The van der Waals surface area contributed by atoms with Crippen LogP contribution in [-0.2, 0) is 26.0 Å². The van der Waals surface area contributed by atoms with Gasteiger partial charge in [0.05, 0.1) is 30.2 Å². The first kappa shape index (κ1) is 31.8. The van der Waals surface area contributed by atoms with Gasteiger partial charge in [-0.3, -0.25) is 14.8 Å². The normalized spacial score (nSPS) is 19.9. The van der Waals surface area contributed by atoms with Crippen molar-refractivity contribution in [3.8, 4) is 0 Å². The molecule has 3 amide bonds. The zero-order chi connectivity index (χ0) is 29.8. The number of ether oxygens (including phenoxy) is 4. The van der Waals surface area contributed by atoms with Crippen LogP contribution < -0.4 is 16.0 Å². The van der Waals surface area contributed by atoms with Gasteiger partial charge in [-0.1, -0.05) is 11.3 Å². The summed E-state index contributed by atoms with van der Waals surface area (Å²) in [7, 11) is 3.31. The number of nitrogens with one attached hydrogen (secondary N) is 3. The van der Waals surface area contributed by atoms with Gasteiger partial charge in [-0.25, -0.2) is 14.6 Å². The lowest BCUT2D eigenvalue weighted by Crippen LogP contribution is -2.46. The van der Waals surface area contributed by atoms with E-state index >= 15 is 0 Å². The van der Waals surface area contributed by atoms with Crippen molar-refractivity contribution in [1.29, 1.82) is 0 Å². The van der Waals surface area contributed by atoms with Gasteiger partial charge in [-0.2, -0.15) is 5.10 Å². The van der Waals surface area contributed by atoms with Gasteiger partial charge in [0.25, 0.3) is 5.91 Å². The van der Waals surface area contributed by atoms with E-state index in [1.807, 2.05) is 0 Å². The second-order valence-corrected chi connectivity index (χ2v) is 13.5. The first-order chi connectivity index (χ1) is 18.6. The number of hydrogen-bond donors (Lipinski definition) is 3. The molecule has 13 nitrogen and oxygen atoms in total. The highest BCUT2D eigenvalue weighted by atomic mass is 79.9. The highest BCUT2D eigenvalue weighted by Gasteiger charge is 2.34. The number of thiazole rings is 1. The summed E-state index contributed by atoms with van der Waals surface area (Å²) in [5.74, 6) is -0.546. The van der Waals surface area contributed by atoms with E-state index in [2.05, 4.69) is 42.0 Å². The number of aromatic nitrogens is 3. The van der Waals surface area contributed by atoms with Crippen molar-refractivity contribution in [1.82, 2.24) is 20.1 Å². The van der Waals surface area contributed by atoms with Crippen LogP contribution in [0, 0.1) is 0 Å². The molecule has 3 rings (SSSR count). The van der Waals surface area contributed by atoms with Crippen LogP contribution in [0.2, 0.25) is 0 Å². The number of rotatable bonds is 6. The van der Waals surface area contributed by atoms with Gasteiger partial charge in [0.2, 0.25) is 0 Å². The van der Waals surface area contributed by atoms with Gasteiger partial charge < -0.3 is 29.6 Å². The molecule has 2 aromatic rings. The van der Waals surface area contributed by atoms with E-state index in [4.69, 9.17) is 18.9 Å². The summed E-state index contributed by atoms with van der Waals surface area (Å²) in [4.78, 5) is 42.2. The fourth-order valence-corrected chi connectivity index (χ4v) is 5.37. The molecule has 222 valence electrons. The van der Waals surface area contributed by atoms with E-state index in [-0.39, 0.29) is 23.3 Å². The standard InChI is InChI=1S/C25H37BrN6O7S/c1-24(2,3)38-22(34)29-13-9-10-15(37-12-16(13)36-8)18-14(11-27-32(18)7)28-19(33)17-20(40-21(26)30-17)31-23(35)39-25(4,5)6/h11,13,15-16H,9-10,12H2,1-8H3,(H,28,33)(H,29,34)(H,31,35). The van der Waals surface area contributed by atoms with Gasteiger partial charge >= 0.3 is 12.2 Å². The molecule has 40 heavy (non-hydrogen) atoms. The highest BCUT2D eigenvalue weighted by Crippen LogP contribution is 2.34. The van der Waals surface area contributed by atoms with Crippen molar-refractivity contribution >= 4 is 56.0 Å². The Balaban J connectivity index is 1.75. The minimum Gasteiger partial charge on any atom is -0.444 e. The SMILES string of the molecule is COC1COC(c2c(NC(=O)c3nc(Br)sc3NC(=O)OC(C)(C)C)cnn2C)CCC1NC(=O)OC(C)(C)C. The summed E-state index contributed by atoms with van der Waals surface area (Å²) < 4.78 is 24.5. The number of anilines is 2. The Bertz CT molecular complexity index is 1220. The van der Waals surface area contributed by atoms with Gasteiger partial charge in [-0.05, 0) is 70.3 Å². The second kappa shape index (κ2) is 12.8. The molecule has 1 fully saturated rings. The van der Waals surface area contributed by atoms with Crippen LogP contribution in [0.4, 0.5) is 20.3 Å². The molecule has 3 unspecified atom stereocenters. The van der Waals surface area contributed by atoms with Gasteiger partial charge in [0.1, 0.15) is 28.4 Å². The van der Waals surface area contributed by atoms with E-state index in [9.17, 15) is 14.4 Å². The van der Waals surface area contributed by atoms with E-state index < -0.39 is 41.5 Å². The molecule has 3 atom stereocenters. The predicted octanol–water partition coefficient (Wildman–Crippen LogP) is 5.00. The fourth-order valence-electron chi connectivity index (χ4n) is 4.03. The maximum absolute atomic E-state index is 13.3. The van der Waals surface area contributed by atoms with Crippen molar-refractivity contribution in [3.05, 3.63) is 21.5 Å². The number of amides is 3. The van der Waals surface area contributed by atoms with E-state index in [1.165, 1.54) is 6.20 Å².